The number of rotatable bonds is 7. The van der Waals surface area contributed by atoms with Gasteiger partial charge < -0.3 is 15.2 Å². The van der Waals surface area contributed by atoms with Crippen molar-refractivity contribution in [3.8, 4) is 0 Å². The van der Waals surface area contributed by atoms with Crippen LogP contribution in [-0.4, -0.2) is 27.2 Å². The quantitative estimate of drug-likeness (QED) is 0.563. The third kappa shape index (κ3) is 5.19. The average molecular weight is 455 g/mol. The lowest BCUT2D eigenvalue weighted by atomic mass is 10.2. The van der Waals surface area contributed by atoms with Gasteiger partial charge in [-0.1, -0.05) is 41.7 Å². The van der Waals surface area contributed by atoms with Gasteiger partial charge >= 0.3 is 0 Å². The summed E-state index contributed by atoms with van der Waals surface area (Å²) in [6.45, 7) is 4.50. The van der Waals surface area contributed by atoms with Gasteiger partial charge in [0.15, 0.2) is 11.4 Å². The zero-order valence-electron chi connectivity index (χ0n) is 17.1. The minimum atomic E-state index is -0.935. The summed E-state index contributed by atoms with van der Waals surface area (Å²) in [6.07, 6.45) is 4.17. The van der Waals surface area contributed by atoms with Crippen LogP contribution in [0.5, 0.6) is 0 Å². The predicted molar refractivity (Wildman–Crippen MR) is 122 cm³/mol. The van der Waals surface area contributed by atoms with Crippen molar-refractivity contribution in [3.63, 3.8) is 0 Å². The minimum absolute atomic E-state index is 0.204. The number of nitrogens with zero attached hydrogens (tertiary/aromatic N) is 3. The molecule has 4 rings (SSSR count). The molecule has 1 aliphatic rings. The molecule has 0 fully saturated rings. The van der Waals surface area contributed by atoms with Gasteiger partial charge in [0.25, 0.3) is 5.91 Å². The highest BCUT2D eigenvalue weighted by Crippen LogP contribution is 2.30. The van der Waals surface area contributed by atoms with Crippen LogP contribution in [0, 0.1) is 13.8 Å². The van der Waals surface area contributed by atoms with Crippen LogP contribution >= 0.6 is 22.7 Å². The van der Waals surface area contributed by atoms with Crippen LogP contribution < -0.4 is 10.2 Å². The number of hydrogen-bond acceptors (Lipinski definition) is 8. The monoisotopic (exact) mass is 454 g/mol. The number of hydrogen-bond donors (Lipinski definition) is 2. The Hall–Kier alpha value is -3.01. The normalized spacial score (nSPS) is 15.6. The summed E-state index contributed by atoms with van der Waals surface area (Å²) in [7, 11) is 0. The summed E-state index contributed by atoms with van der Waals surface area (Å²) in [5.41, 5.74) is 2.50. The van der Waals surface area contributed by atoms with Crippen molar-refractivity contribution in [3.05, 3.63) is 86.7 Å². The Morgan fingerprint density at radius 2 is 2.06 bits per heavy atom. The van der Waals surface area contributed by atoms with E-state index in [0.29, 0.717) is 34.6 Å². The molecule has 0 saturated heterocycles. The number of aromatic nitrogens is 2. The number of nitrogens with one attached hydrogen (secondary N) is 1. The van der Waals surface area contributed by atoms with Crippen molar-refractivity contribution >= 4 is 33.7 Å². The zero-order valence-corrected chi connectivity index (χ0v) is 18.7. The van der Waals surface area contributed by atoms with Gasteiger partial charge in [-0.05, 0) is 25.5 Å². The molecule has 1 aromatic carbocycles. The fourth-order valence-electron chi connectivity index (χ4n) is 2.98. The summed E-state index contributed by atoms with van der Waals surface area (Å²) in [5.74, 6) is 0.377. The van der Waals surface area contributed by atoms with Crippen molar-refractivity contribution in [2.45, 2.75) is 33.2 Å². The van der Waals surface area contributed by atoms with Gasteiger partial charge in [0.05, 0.1) is 22.9 Å². The second-order valence-electron chi connectivity index (χ2n) is 6.93. The van der Waals surface area contributed by atoms with Crippen LogP contribution in [-0.2, 0) is 17.9 Å². The van der Waals surface area contributed by atoms with Crippen LogP contribution in [0.15, 0.2) is 59.8 Å². The lowest BCUT2D eigenvalue weighted by Crippen LogP contribution is -2.31. The van der Waals surface area contributed by atoms with Crippen LogP contribution in [0.25, 0.3) is 0 Å². The van der Waals surface area contributed by atoms with Crippen LogP contribution in [0.2, 0.25) is 0 Å². The number of carbonyl (C=O) groups is 1. The van der Waals surface area contributed by atoms with Crippen molar-refractivity contribution in [2.24, 2.45) is 0 Å². The molecule has 160 valence electrons. The van der Waals surface area contributed by atoms with Gasteiger partial charge in [-0.2, -0.15) is 0 Å². The fraction of sp³-hybridized carbons (Fsp3) is 0.227. The first-order chi connectivity index (χ1) is 15.0. The molecule has 1 aliphatic heterocycles. The molecule has 3 heterocycles. The fourth-order valence-corrected chi connectivity index (χ4v) is 4.59. The molecule has 2 aromatic heterocycles. The average Bonchev–Trinajstić information content (AvgIpc) is 3.36. The summed E-state index contributed by atoms with van der Waals surface area (Å²) < 4.78 is 5.77. The number of anilines is 1. The standard InChI is InChI=1S/C22H22N4O3S2/c1-14-20(21(28)23-11-17-13-30-15(2)25-17)31-22(24-14)26-9-8-18(10-19(26)27)29-12-16-6-4-3-5-7-16/h3-10,13,19,27H,11-12H2,1-2H3,(H,23,28). The van der Waals surface area contributed by atoms with E-state index >= 15 is 0 Å². The smallest absolute Gasteiger partial charge is 0.263 e. The Morgan fingerprint density at radius 1 is 1.26 bits per heavy atom. The number of carbonyl (C=O) groups excluding carboxylic acids is 1. The van der Waals surface area contributed by atoms with E-state index in [1.54, 1.807) is 41.5 Å². The summed E-state index contributed by atoms with van der Waals surface area (Å²) in [4.78, 5) is 23.5. The molecule has 1 unspecified atom stereocenters. The van der Waals surface area contributed by atoms with E-state index in [0.717, 1.165) is 16.3 Å². The summed E-state index contributed by atoms with van der Waals surface area (Å²) in [6, 6.07) is 9.83. The third-order valence-electron chi connectivity index (χ3n) is 4.56. The van der Waals surface area contributed by atoms with Crippen molar-refractivity contribution in [1.82, 2.24) is 15.3 Å². The molecule has 1 amide bonds. The van der Waals surface area contributed by atoms with Gasteiger partial charge in [0.2, 0.25) is 0 Å². The van der Waals surface area contributed by atoms with Gasteiger partial charge in [0, 0.05) is 17.7 Å². The molecule has 0 radical (unpaired) electrons. The third-order valence-corrected chi connectivity index (χ3v) is 6.55. The molecule has 1 atom stereocenters. The number of aliphatic hydroxyl groups excluding tert-OH is 1. The SMILES string of the molecule is Cc1nc(CNC(=O)c2sc(N3C=CC(OCc4ccccc4)=CC3O)nc2C)cs1. The molecule has 9 heteroatoms. The topological polar surface area (TPSA) is 87.6 Å². The number of thiazole rings is 2. The number of allylic oxidation sites excluding steroid dienone is 1. The maximum atomic E-state index is 12.6. The number of amides is 1. The van der Waals surface area contributed by atoms with E-state index in [2.05, 4.69) is 15.3 Å². The molecule has 0 spiro atoms. The van der Waals surface area contributed by atoms with E-state index in [1.165, 1.54) is 11.3 Å². The molecule has 31 heavy (non-hydrogen) atoms. The first kappa shape index (κ1) is 21.2. The van der Waals surface area contributed by atoms with E-state index < -0.39 is 6.23 Å². The molecule has 3 aromatic rings. The Balaban J connectivity index is 1.38. The Kier molecular flexibility index (Phi) is 6.45. The van der Waals surface area contributed by atoms with Crippen LogP contribution in [0.3, 0.4) is 0 Å². The van der Waals surface area contributed by atoms with Crippen molar-refractivity contribution < 1.29 is 14.6 Å². The maximum Gasteiger partial charge on any atom is 0.263 e. The number of benzene rings is 1. The predicted octanol–water partition coefficient (Wildman–Crippen LogP) is 3.90. The molecule has 7 nitrogen and oxygen atoms in total. The van der Waals surface area contributed by atoms with Crippen molar-refractivity contribution in [2.75, 3.05) is 4.90 Å². The maximum absolute atomic E-state index is 12.6. The Labute approximate surface area is 188 Å². The summed E-state index contributed by atoms with van der Waals surface area (Å²) in [5, 5.41) is 16.9. The Morgan fingerprint density at radius 3 is 2.77 bits per heavy atom. The van der Waals surface area contributed by atoms with E-state index in [4.69, 9.17) is 4.74 Å². The second kappa shape index (κ2) is 9.42. The van der Waals surface area contributed by atoms with E-state index in [9.17, 15) is 9.90 Å². The summed E-state index contributed by atoms with van der Waals surface area (Å²) >= 11 is 2.78. The Bertz CT molecular complexity index is 1120. The zero-order chi connectivity index (χ0) is 21.8. The number of aliphatic hydroxyl groups is 1. The molecule has 2 N–H and O–H groups in total. The van der Waals surface area contributed by atoms with Crippen molar-refractivity contribution in [1.29, 1.82) is 0 Å². The number of aryl methyl sites for hydroxylation is 2. The van der Waals surface area contributed by atoms with Crippen LogP contribution in [0.1, 0.15) is 31.6 Å². The molecule has 0 saturated carbocycles. The first-order valence-corrected chi connectivity index (χ1v) is 11.4. The highest BCUT2D eigenvalue weighted by atomic mass is 32.1. The number of ether oxygens (including phenoxy) is 1. The molecule has 0 aliphatic carbocycles. The highest BCUT2D eigenvalue weighted by molar-refractivity contribution is 7.17. The van der Waals surface area contributed by atoms with Gasteiger partial charge in [-0.25, -0.2) is 9.97 Å². The lowest BCUT2D eigenvalue weighted by molar-refractivity contribution is 0.0953. The van der Waals surface area contributed by atoms with Gasteiger partial charge in [0.1, 0.15) is 17.2 Å². The van der Waals surface area contributed by atoms with E-state index in [-0.39, 0.29) is 5.91 Å². The largest absolute Gasteiger partial charge is 0.489 e. The molecular formula is C22H22N4O3S2. The lowest BCUT2D eigenvalue weighted by Gasteiger charge is -2.25. The minimum Gasteiger partial charge on any atom is -0.489 e. The van der Waals surface area contributed by atoms with Gasteiger partial charge in [-0.3, -0.25) is 9.69 Å². The van der Waals surface area contributed by atoms with E-state index in [1.807, 2.05) is 42.6 Å². The highest BCUT2D eigenvalue weighted by Gasteiger charge is 2.23. The van der Waals surface area contributed by atoms with Gasteiger partial charge in [-0.15, -0.1) is 11.3 Å². The molecule has 0 bridgehead atoms. The van der Waals surface area contributed by atoms with Crippen LogP contribution in [0.4, 0.5) is 5.13 Å². The second-order valence-corrected chi connectivity index (χ2v) is 8.97. The first-order valence-electron chi connectivity index (χ1n) is 9.69. The molecular weight excluding hydrogens is 432 g/mol.